The number of hydrogen-bond acceptors (Lipinski definition) is 2. The highest BCUT2D eigenvalue weighted by atomic mass is 35.5. The van der Waals surface area contributed by atoms with Crippen molar-refractivity contribution in [1.82, 2.24) is 5.32 Å². The molecule has 98 valence electrons. The molecule has 1 aromatic carbocycles. The second-order valence-electron chi connectivity index (χ2n) is 3.77. The summed E-state index contributed by atoms with van der Waals surface area (Å²) in [4.78, 5) is 11.9. The van der Waals surface area contributed by atoms with Crippen molar-refractivity contribution in [3.8, 4) is 0 Å². The minimum absolute atomic E-state index is 0.0560. The van der Waals surface area contributed by atoms with Gasteiger partial charge in [0.05, 0.1) is 15.0 Å². The van der Waals surface area contributed by atoms with Crippen molar-refractivity contribution >= 4 is 52.1 Å². The fourth-order valence-electron chi connectivity index (χ4n) is 1.10. The van der Waals surface area contributed by atoms with Crippen LogP contribution < -0.4 is 16.4 Å². The molecule has 1 atom stereocenters. The van der Waals surface area contributed by atoms with Gasteiger partial charge in [-0.1, -0.05) is 42.3 Å². The molecule has 0 aliphatic heterocycles. The number of amides is 2. The van der Waals surface area contributed by atoms with E-state index >= 15 is 0 Å². The van der Waals surface area contributed by atoms with E-state index in [1.165, 1.54) is 0 Å². The molecule has 1 aromatic rings. The van der Waals surface area contributed by atoms with E-state index in [2.05, 4.69) is 10.6 Å². The van der Waals surface area contributed by atoms with E-state index in [1.54, 1.807) is 18.2 Å². The van der Waals surface area contributed by atoms with Gasteiger partial charge in [0.15, 0.2) is 0 Å². The number of nitrogens with one attached hydrogen (secondary N) is 2. The second-order valence-corrected chi connectivity index (χ2v) is 5.05. The lowest BCUT2D eigenvalue weighted by Crippen LogP contribution is -2.36. The molecule has 1 rings (SSSR count). The Morgan fingerprint density at radius 3 is 2.67 bits per heavy atom. The number of rotatable bonds is 4. The third kappa shape index (κ3) is 4.68. The molecule has 0 heterocycles. The Morgan fingerprint density at radius 1 is 1.44 bits per heavy atom. The van der Waals surface area contributed by atoms with Crippen molar-refractivity contribution in [2.75, 3.05) is 11.9 Å². The number of benzene rings is 1. The van der Waals surface area contributed by atoms with Crippen LogP contribution in [0.3, 0.4) is 0 Å². The lowest BCUT2D eigenvalue weighted by Gasteiger charge is -2.12. The topological polar surface area (TPSA) is 67.2 Å². The monoisotopic (exact) mass is 305 g/mol. The van der Waals surface area contributed by atoms with Crippen molar-refractivity contribution in [2.24, 2.45) is 11.7 Å². The van der Waals surface area contributed by atoms with Gasteiger partial charge in [-0.25, -0.2) is 4.79 Å². The predicted octanol–water partition coefficient (Wildman–Crippen LogP) is 3.04. The molecule has 0 fully saturated rings. The summed E-state index contributed by atoms with van der Waals surface area (Å²) in [7, 11) is 0. The fourth-order valence-corrected chi connectivity index (χ4v) is 1.48. The smallest absolute Gasteiger partial charge is 0.319 e. The molecule has 7 heteroatoms. The first-order chi connectivity index (χ1) is 8.40. The van der Waals surface area contributed by atoms with E-state index in [1.807, 2.05) is 6.92 Å². The molecule has 0 aromatic heterocycles. The molecule has 0 saturated heterocycles. The Morgan fingerprint density at radius 2 is 2.11 bits per heavy atom. The third-order valence-electron chi connectivity index (χ3n) is 2.23. The number of nitrogens with two attached hydrogens (primary N) is 1. The van der Waals surface area contributed by atoms with Crippen LogP contribution in [-0.4, -0.2) is 17.6 Å². The molecule has 0 radical (unpaired) electrons. The quantitative estimate of drug-likeness (QED) is 0.749. The second kappa shape index (κ2) is 6.78. The molecular weight excluding hydrogens is 293 g/mol. The summed E-state index contributed by atoms with van der Waals surface area (Å²) in [6.45, 7) is 2.21. The Bertz CT molecular complexity index is 468. The molecule has 2 amide bonds. The maximum absolute atomic E-state index is 11.6. The predicted molar refractivity (Wildman–Crippen MR) is 79.4 cm³/mol. The Balaban J connectivity index is 2.49. The van der Waals surface area contributed by atoms with Gasteiger partial charge in [0.25, 0.3) is 0 Å². The normalized spacial score (nSPS) is 11.7. The molecule has 0 saturated carbocycles. The summed E-state index contributed by atoms with van der Waals surface area (Å²) in [5, 5.41) is 6.10. The number of carbonyl (C=O) groups is 1. The fraction of sp³-hybridized carbons (Fsp3) is 0.273. The average Bonchev–Trinajstić information content (AvgIpc) is 2.30. The largest absolute Gasteiger partial charge is 0.393 e. The highest BCUT2D eigenvalue weighted by Crippen LogP contribution is 2.24. The van der Waals surface area contributed by atoms with Crippen LogP contribution in [0, 0.1) is 5.92 Å². The van der Waals surface area contributed by atoms with Gasteiger partial charge in [-0.05, 0) is 18.2 Å². The first-order valence-corrected chi connectivity index (χ1v) is 6.35. The molecule has 1 unspecified atom stereocenters. The van der Waals surface area contributed by atoms with E-state index in [9.17, 15) is 4.79 Å². The number of halogens is 2. The van der Waals surface area contributed by atoms with Gasteiger partial charge in [0.2, 0.25) is 0 Å². The van der Waals surface area contributed by atoms with Crippen LogP contribution in [-0.2, 0) is 0 Å². The molecule has 0 spiro atoms. The van der Waals surface area contributed by atoms with Crippen LogP contribution in [0.2, 0.25) is 10.0 Å². The van der Waals surface area contributed by atoms with E-state index in [0.717, 1.165) is 0 Å². The van der Waals surface area contributed by atoms with Gasteiger partial charge in [-0.3, -0.25) is 0 Å². The van der Waals surface area contributed by atoms with Crippen molar-refractivity contribution in [2.45, 2.75) is 6.92 Å². The molecule has 4 N–H and O–H groups in total. The summed E-state index contributed by atoms with van der Waals surface area (Å²) < 4.78 is 0. The summed E-state index contributed by atoms with van der Waals surface area (Å²) in [6.07, 6.45) is 0. The number of hydrogen-bond donors (Lipinski definition) is 3. The summed E-state index contributed by atoms with van der Waals surface area (Å²) >= 11 is 16.4. The Labute approximate surface area is 121 Å². The highest BCUT2D eigenvalue weighted by molar-refractivity contribution is 7.80. The Hall–Kier alpha value is -1.04. The molecular formula is C11H13Cl2N3OS. The minimum Gasteiger partial charge on any atom is -0.393 e. The standard InChI is InChI=1S/C11H13Cl2N3OS/c1-6(10(14)18)5-15-11(17)16-7-2-3-8(12)9(13)4-7/h2-4,6H,5H2,1H3,(H2,14,18)(H2,15,16,17). The zero-order valence-electron chi connectivity index (χ0n) is 9.67. The third-order valence-corrected chi connectivity index (χ3v) is 3.37. The average molecular weight is 306 g/mol. The van der Waals surface area contributed by atoms with Crippen molar-refractivity contribution in [3.63, 3.8) is 0 Å². The maximum Gasteiger partial charge on any atom is 0.319 e. The van der Waals surface area contributed by atoms with Crippen molar-refractivity contribution < 1.29 is 4.79 Å². The number of thiocarbonyl (C=S) groups is 1. The van der Waals surface area contributed by atoms with Gasteiger partial charge < -0.3 is 16.4 Å². The van der Waals surface area contributed by atoms with Crippen molar-refractivity contribution in [3.05, 3.63) is 28.2 Å². The maximum atomic E-state index is 11.6. The lowest BCUT2D eigenvalue weighted by molar-refractivity contribution is 0.251. The van der Waals surface area contributed by atoms with Crippen LogP contribution in [0.1, 0.15) is 6.92 Å². The Kier molecular flexibility index (Phi) is 5.65. The summed E-state index contributed by atoms with van der Waals surface area (Å²) in [5.41, 5.74) is 6.00. The molecule has 0 aliphatic carbocycles. The van der Waals surface area contributed by atoms with Crippen LogP contribution in [0.5, 0.6) is 0 Å². The molecule has 18 heavy (non-hydrogen) atoms. The zero-order chi connectivity index (χ0) is 13.7. The summed E-state index contributed by atoms with van der Waals surface area (Å²) in [6, 6.07) is 4.49. The van der Waals surface area contributed by atoms with Crippen LogP contribution in [0.15, 0.2) is 18.2 Å². The highest BCUT2D eigenvalue weighted by Gasteiger charge is 2.08. The van der Waals surface area contributed by atoms with Gasteiger partial charge in [-0.15, -0.1) is 0 Å². The van der Waals surface area contributed by atoms with Crippen LogP contribution in [0.4, 0.5) is 10.5 Å². The van der Waals surface area contributed by atoms with Gasteiger partial charge in [0.1, 0.15) is 0 Å². The minimum atomic E-state index is -0.350. The first-order valence-electron chi connectivity index (χ1n) is 5.19. The van der Waals surface area contributed by atoms with E-state index in [-0.39, 0.29) is 11.9 Å². The van der Waals surface area contributed by atoms with E-state index in [4.69, 9.17) is 41.2 Å². The number of carbonyl (C=O) groups excluding carboxylic acids is 1. The van der Waals surface area contributed by atoms with Crippen molar-refractivity contribution in [1.29, 1.82) is 0 Å². The van der Waals surface area contributed by atoms with Gasteiger partial charge in [-0.2, -0.15) is 0 Å². The van der Waals surface area contributed by atoms with Crippen LogP contribution >= 0.6 is 35.4 Å². The zero-order valence-corrected chi connectivity index (χ0v) is 12.0. The van der Waals surface area contributed by atoms with E-state index < -0.39 is 0 Å². The number of anilines is 1. The molecule has 0 bridgehead atoms. The SMILES string of the molecule is CC(CNC(=O)Nc1ccc(Cl)c(Cl)c1)C(N)=S. The van der Waals surface area contributed by atoms with Crippen LogP contribution in [0.25, 0.3) is 0 Å². The summed E-state index contributed by atoms with van der Waals surface area (Å²) in [5.74, 6) is -0.0560. The number of urea groups is 1. The van der Waals surface area contributed by atoms with E-state index in [0.29, 0.717) is 27.3 Å². The molecule has 4 nitrogen and oxygen atoms in total. The molecule has 0 aliphatic rings. The lowest BCUT2D eigenvalue weighted by atomic mass is 10.2. The first kappa shape index (κ1) is 15.0. The van der Waals surface area contributed by atoms with Gasteiger partial charge >= 0.3 is 6.03 Å². The van der Waals surface area contributed by atoms with Gasteiger partial charge in [0, 0.05) is 18.2 Å².